The maximum atomic E-state index is 13.7. The second kappa shape index (κ2) is 11.9. The summed E-state index contributed by atoms with van der Waals surface area (Å²) in [6.07, 6.45) is 3.13. The molecular formula is C27H36N2O8. The average molecular weight is 517 g/mol. The van der Waals surface area contributed by atoms with Crippen molar-refractivity contribution in [2.24, 2.45) is 5.92 Å². The Kier molecular flexibility index (Phi) is 8.68. The van der Waals surface area contributed by atoms with Crippen LogP contribution < -0.4 is 5.32 Å². The number of likely N-dealkylation sites (tertiary alicyclic amines) is 1. The second-order valence-electron chi connectivity index (χ2n) is 10.3. The highest BCUT2D eigenvalue weighted by atomic mass is 16.8. The molecule has 3 aliphatic rings. The van der Waals surface area contributed by atoms with Gasteiger partial charge < -0.3 is 24.2 Å². The summed E-state index contributed by atoms with van der Waals surface area (Å²) in [4.78, 5) is 51.7. The van der Waals surface area contributed by atoms with Crippen LogP contribution in [0.5, 0.6) is 0 Å². The van der Waals surface area contributed by atoms with E-state index in [0.717, 1.165) is 31.2 Å². The fourth-order valence-electron chi connectivity index (χ4n) is 5.72. The fourth-order valence-corrected chi connectivity index (χ4v) is 5.72. The van der Waals surface area contributed by atoms with E-state index in [1.54, 1.807) is 18.7 Å². The van der Waals surface area contributed by atoms with Crippen LogP contribution in [0.15, 0.2) is 30.3 Å². The van der Waals surface area contributed by atoms with Gasteiger partial charge in [0, 0.05) is 6.04 Å². The summed E-state index contributed by atoms with van der Waals surface area (Å²) in [6.45, 7) is 3.16. The molecule has 3 fully saturated rings. The SMILES string of the molecule is CC(N[C@@H](CCc1ccccc1)C(=O)O)C(=O)N1[C@H](C(=O)OC[C@@H]2OC(=O)OC2C)C[C@H]2CCCC[C@@H]21. The van der Waals surface area contributed by atoms with Crippen LogP contribution >= 0.6 is 0 Å². The lowest BCUT2D eigenvalue weighted by molar-refractivity contribution is -0.157. The Balaban J connectivity index is 1.41. The van der Waals surface area contributed by atoms with Crippen LogP contribution in [0.2, 0.25) is 0 Å². The van der Waals surface area contributed by atoms with Gasteiger partial charge in [-0.1, -0.05) is 43.2 Å². The number of fused-ring (bicyclic) bond motifs is 1. The van der Waals surface area contributed by atoms with Crippen molar-refractivity contribution in [3.63, 3.8) is 0 Å². The van der Waals surface area contributed by atoms with Gasteiger partial charge in [0.05, 0.1) is 6.04 Å². The first-order chi connectivity index (χ1) is 17.7. The lowest BCUT2D eigenvalue weighted by atomic mass is 9.84. The maximum absolute atomic E-state index is 13.7. The van der Waals surface area contributed by atoms with Gasteiger partial charge in [0.1, 0.15) is 24.8 Å². The Hall–Kier alpha value is -3.14. The van der Waals surface area contributed by atoms with Crippen molar-refractivity contribution >= 4 is 24.0 Å². The molecule has 0 radical (unpaired) electrons. The van der Waals surface area contributed by atoms with Crippen molar-refractivity contribution in [1.82, 2.24) is 10.2 Å². The largest absolute Gasteiger partial charge is 0.509 e. The standard InChI is InChI=1S/C27H36N2O8/c1-16(28-20(25(31)32)13-12-18-8-4-3-5-9-18)24(30)29-21-11-7-6-10-19(21)14-22(29)26(33)35-15-23-17(2)36-27(34)37-23/h3-5,8-9,16-17,19-23,28H,6-7,10-15H2,1-2H3,(H,31,32)/t16?,17?,19-,20+,21+,22+,23+/m1/s1. The Morgan fingerprint density at radius 1 is 1.16 bits per heavy atom. The number of carbonyl (C=O) groups excluding carboxylic acids is 3. The third-order valence-corrected chi connectivity index (χ3v) is 7.74. The van der Waals surface area contributed by atoms with Crippen molar-refractivity contribution in [2.45, 2.75) is 95.2 Å². The van der Waals surface area contributed by atoms with Crippen LogP contribution in [0.25, 0.3) is 0 Å². The molecule has 2 saturated heterocycles. The van der Waals surface area contributed by atoms with E-state index < -0.39 is 48.4 Å². The molecule has 1 aromatic carbocycles. The first-order valence-corrected chi connectivity index (χ1v) is 13.1. The number of esters is 1. The zero-order chi connectivity index (χ0) is 26.5. The van der Waals surface area contributed by atoms with E-state index in [0.29, 0.717) is 19.3 Å². The lowest BCUT2D eigenvalue weighted by Crippen LogP contribution is -2.56. The summed E-state index contributed by atoms with van der Waals surface area (Å²) < 4.78 is 15.5. The van der Waals surface area contributed by atoms with Crippen LogP contribution in [0.4, 0.5) is 4.79 Å². The molecule has 2 aliphatic heterocycles. The molecular weight excluding hydrogens is 480 g/mol. The van der Waals surface area contributed by atoms with Gasteiger partial charge in [0.15, 0.2) is 6.10 Å². The third-order valence-electron chi connectivity index (χ3n) is 7.74. The number of rotatable bonds is 10. The molecule has 0 spiro atoms. The molecule has 202 valence electrons. The van der Waals surface area contributed by atoms with Gasteiger partial charge in [-0.05, 0) is 57.4 Å². The Morgan fingerprint density at radius 2 is 1.89 bits per heavy atom. The Morgan fingerprint density at radius 3 is 2.57 bits per heavy atom. The van der Waals surface area contributed by atoms with E-state index in [-0.39, 0.29) is 24.5 Å². The zero-order valence-electron chi connectivity index (χ0n) is 21.3. The van der Waals surface area contributed by atoms with E-state index in [2.05, 4.69) is 5.32 Å². The van der Waals surface area contributed by atoms with Crippen molar-refractivity contribution in [1.29, 1.82) is 0 Å². The predicted octanol–water partition coefficient (Wildman–Crippen LogP) is 2.68. The van der Waals surface area contributed by atoms with Gasteiger partial charge >= 0.3 is 18.1 Å². The summed E-state index contributed by atoms with van der Waals surface area (Å²) in [6, 6.07) is 7.05. The number of aryl methyl sites for hydroxylation is 1. The summed E-state index contributed by atoms with van der Waals surface area (Å²) in [5.74, 6) is -1.66. The highest BCUT2D eigenvalue weighted by molar-refractivity contribution is 5.89. The minimum absolute atomic E-state index is 0.0813. The van der Waals surface area contributed by atoms with Crippen LogP contribution in [0.1, 0.15) is 57.9 Å². The van der Waals surface area contributed by atoms with Crippen molar-refractivity contribution in [3.8, 4) is 0 Å². The monoisotopic (exact) mass is 516 g/mol. The molecule has 0 bridgehead atoms. The van der Waals surface area contributed by atoms with Gasteiger partial charge in [0.2, 0.25) is 5.91 Å². The molecule has 37 heavy (non-hydrogen) atoms. The minimum Gasteiger partial charge on any atom is -0.480 e. The number of carbonyl (C=O) groups is 4. The molecule has 1 aromatic rings. The Labute approximate surface area is 216 Å². The quantitative estimate of drug-likeness (QED) is 0.451. The number of aliphatic carboxylic acids is 1. The van der Waals surface area contributed by atoms with Gasteiger partial charge in [-0.25, -0.2) is 9.59 Å². The van der Waals surface area contributed by atoms with Crippen LogP contribution in [0, 0.1) is 5.92 Å². The van der Waals surface area contributed by atoms with Gasteiger partial charge in [-0.2, -0.15) is 0 Å². The number of cyclic esters (lactones) is 2. The first-order valence-electron chi connectivity index (χ1n) is 13.1. The summed E-state index contributed by atoms with van der Waals surface area (Å²) in [7, 11) is 0. The maximum Gasteiger partial charge on any atom is 0.509 e. The molecule has 10 nitrogen and oxygen atoms in total. The fraction of sp³-hybridized carbons (Fsp3) is 0.630. The van der Waals surface area contributed by atoms with E-state index in [4.69, 9.17) is 14.2 Å². The highest BCUT2D eigenvalue weighted by Gasteiger charge is 2.49. The third kappa shape index (κ3) is 6.41. The molecule has 1 aliphatic carbocycles. The number of ether oxygens (including phenoxy) is 3. The topological polar surface area (TPSA) is 131 Å². The molecule has 2 unspecified atom stereocenters. The molecule has 2 N–H and O–H groups in total. The molecule has 2 heterocycles. The lowest BCUT2D eigenvalue weighted by Gasteiger charge is -2.35. The van der Waals surface area contributed by atoms with Crippen molar-refractivity contribution < 1.29 is 38.5 Å². The van der Waals surface area contributed by atoms with Crippen molar-refractivity contribution in [3.05, 3.63) is 35.9 Å². The molecule has 4 rings (SSSR count). The smallest absolute Gasteiger partial charge is 0.480 e. The van der Waals surface area contributed by atoms with Gasteiger partial charge in [0.25, 0.3) is 0 Å². The number of hydrogen-bond acceptors (Lipinski definition) is 8. The highest BCUT2D eigenvalue weighted by Crippen LogP contribution is 2.40. The Bertz CT molecular complexity index is 986. The number of nitrogens with one attached hydrogen (secondary N) is 1. The number of amides is 1. The number of carboxylic acid groups (broad SMARTS) is 1. The van der Waals surface area contributed by atoms with Gasteiger partial charge in [-0.3, -0.25) is 14.9 Å². The average Bonchev–Trinajstić information content (AvgIpc) is 3.43. The first kappa shape index (κ1) is 26.9. The summed E-state index contributed by atoms with van der Waals surface area (Å²) in [5.41, 5.74) is 1.02. The normalized spacial score (nSPS) is 28.5. The molecule has 1 amide bonds. The number of nitrogens with zero attached hydrogens (tertiary/aromatic N) is 1. The number of hydrogen-bond donors (Lipinski definition) is 2. The second-order valence-corrected chi connectivity index (χ2v) is 10.3. The molecule has 0 aromatic heterocycles. The van der Waals surface area contributed by atoms with E-state index in [1.165, 1.54) is 0 Å². The van der Waals surface area contributed by atoms with E-state index >= 15 is 0 Å². The molecule has 7 atom stereocenters. The minimum atomic E-state index is -1.02. The predicted molar refractivity (Wildman–Crippen MR) is 132 cm³/mol. The van der Waals surface area contributed by atoms with Gasteiger partial charge in [-0.15, -0.1) is 0 Å². The van der Waals surface area contributed by atoms with Crippen LogP contribution in [-0.2, 0) is 35.0 Å². The van der Waals surface area contributed by atoms with E-state index in [1.807, 2.05) is 30.3 Å². The van der Waals surface area contributed by atoms with Crippen LogP contribution in [-0.4, -0.2) is 77.0 Å². The van der Waals surface area contributed by atoms with Crippen LogP contribution in [0.3, 0.4) is 0 Å². The van der Waals surface area contributed by atoms with E-state index in [9.17, 15) is 24.3 Å². The number of carboxylic acids is 1. The molecule has 10 heteroatoms. The zero-order valence-corrected chi connectivity index (χ0v) is 21.3. The molecule has 1 saturated carbocycles. The van der Waals surface area contributed by atoms with Crippen molar-refractivity contribution in [2.75, 3.05) is 6.61 Å². The summed E-state index contributed by atoms with van der Waals surface area (Å²) >= 11 is 0. The summed E-state index contributed by atoms with van der Waals surface area (Å²) in [5, 5.41) is 12.8. The number of benzene rings is 1.